The fourth-order valence-electron chi connectivity index (χ4n) is 2.24. The number of aromatic nitrogens is 2. The summed E-state index contributed by atoms with van der Waals surface area (Å²) in [5, 5.41) is 10.4. The molecule has 1 atom stereocenters. The monoisotopic (exact) mass is 287 g/mol. The highest BCUT2D eigenvalue weighted by Gasteiger charge is 2.22. The molecule has 2 N–H and O–H groups in total. The average molecular weight is 287 g/mol. The lowest BCUT2D eigenvalue weighted by molar-refractivity contribution is -0.144. The third-order valence-electron chi connectivity index (χ3n) is 3.41. The van der Waals surface area contributed by atoms with Crippen LogP contribution in [0.3, 0.4) is 0 Å². The number of esters is 1. The summed E-state index contributed by atoms with van der Waals surface area (Å²) in [6.45, 7) is 4.53. The van der Waals surface area contributed by atoms with Gasteiger partial charge in [-0.3, -0.25) is 15.2 Å². The van der Waals surface area contributed by atoms with Crippen LogP contribution in [0.2, 0.25) is 0 Å². The summed E-state index contributed by atoms with van der Waals surface area (Å²) < 4.78 is 4.83. The zero-order chi connectivity index (χ0) is 15.2. The van der Waals surface area contributed by atoms with Crippen LogP contribution >= 0.6 is 0 Å². The smallest absolute Gasteiger partial charge is 0.323 e. The molecule has 0 saturated heterocycles. The first kappa shape index (κ1) is 15.3. The van der Waals surface area contributed by atoms with Gasteiger partial charge in [0, 0.05) is 12.1 Å². The molecule has 0 fully saturated rings. The lowest BCUT2D eigenvalue weighted by Crippen LogP contribution is -2.41. The number of hydrogen-bond acceptors (Lipinski definition) is 4. The topological polar surface area (TPSA) is 67.0 Å². The Labute approximate surface area is 124 Å². The van der Waals surface area contributed by atoms with E-state index >= 15 is 0 Å². The van der Waals surface area contributed by atoms with Crippen molar-refractivity contribution in [3.63, 3.8) is 0 Å². The van der Waals surface area contributed by atoms with Gasteiger partial charge in [-0.25, -0.2) is 0 Å². The molecule has 0 saturated carbocycles. The van der Waals surface area contributed by atoms with E-state index in [9.17, 15) is 4.79 Å². The first-order valence-electron chi connectivity index (χ1n) is 7.02. The maximum Gasteiger partial charge on any atom is 0.323 e. The quantitative estimate of drug-likeness (QED) is 0.800. The summed E-state index contributed by atoms with van der Waals surface area (Å²) in [5.74, 6) is -0.0840. The highest BCUT2D eigenvalue weighted by atomic mass is 16.5. The summed E-state index contributed by atoms with van der Waals surface area (Å²) in [6.07, 6.45) is 1.78. The number of nitrogens with zero attached hydrogens (tertiary/aromatic N) is 1. The van der Waals surface area contributed by atoms with E-state index in [1.165, 1.54) is 7.11 Å². The Morgan fingerprint density at radius 3 is 2.67 bits per heavy atom. The van der Waals surface area contributed by atoms with Crippen molar-refractivity contribution in [2.24, 2.45) is 5.92 Å². The third-order valence-corrected chi connectivity index (χ3v) is 3.41. The Hall–Kier alpha value is -2.14. The highest BCUT2D eigenvalue weighted by Crippen LogP contribution is 2.20. The molecule has 0 bridgehead atoms. The minimum absolute atomic E-state index is 0.157. The molecule has 0 amide bonds. The van der Waals surface area contributed by atoms with Gasteiger partial charge >= 0.3 is 5.97 Å². The number of aromatic amines is 1. The summed E-state index contributed by atoms with van der Waals surface area (Å²) in [5.41, 5.74) is 3.07. The van der Waals surface area contributed by atoms with Gasteiger partial charge < -0.3 is 4.74 Å². The van der Waals surface area contributed by atoms with Gasteiger partial charge in [-0.1, -0.05) is 44.2 Å². The van der Waals surface area contributed by atoms with Crippen LogP contribution in [0.5, 0.6) is 0 Å². The van der Waals surface area contributed by atoms with Crippen molar-refractivity contribution in [1.29, 1.82) is 0 Å². The fraction of sp³-hybridized carbons (Fsp3) is 0.375. The highest BCUT2D eigenvalue weighted by molar-refractivity contribution is 5.76. The van der Waals surface area contributed by atoms with Gasteiger partial charge in [-0.05, 0) is 11.5 Å². The second kappa shape index (κ2) is 7.04. The van der Waals surface area contributed by atoms with E-state index in [4.69, 9.17) is 4.74 Å². The van der Waals surface area contributed by atoms with Crippen LogP contribution in [0.25, 0.3) is 11.3 Å². The number of benzene rings is 1. The Morgan fingerprint density at radius 1 is 1.33 bits per heavy atom. The predicted octanol–water partition coefficient (Wildman–Crippen LogP) is 2.36. The molecule has 0 radical (unpaired) electrons. The maximum atomic E-state index is 11.8. The lowest BCUT2D eigenvalue weighted by Gasteiger charge is -2.19. The summed E-state index contributed by atoms with van der Waals surface area (Å²) in [7, 11) is 1.41. The number of hydrogen-bond donors (Lipinski definition) is 2. The summed E-state index contributed by atoms with van der Waals surface area (Å²) >= 11 is 0. The van der Waals surface area contributed by atoms with Crippen LogP contribution in [0.15, 0.2) is 36.5 Å². The molecule has 0 aliphatic heterocycles. The zero-order valence-corrected chi connectivity index (χ0v) is 12.6. The van der Waals surface area contributed by atoms with Crippen LogP contribution in [0.1, 0.15) is 19.4 Å². The number of nitrogens with one attached hydrogen (secondary N) is 2. The first-order chi connectivity index (χ1) is 10.1. The molecular formula is C16H21N3O2. The number of carbonyl (C=O) groups is 1. The van der Waals surface area contributed by atoms with Gasteiger partial charge in [0.05, 0.1) is 19.0 Å². The van der Waals surface area contributed by atoms with E-state index in [1.807, 2.05) is 44.2 Å². The Balaban J connectivity index is 2.11. The molecule has 2 rings (SSSR count). The normalized spacial score (nSPS) is 12.4. The van der Waals surface area contributed by atoms with E-state index in [-0.39, 0.29) is 17.9 Å². The molecule has 0 unspecified atom stereocenters. The van der Waals surface area contributed by atoms with Gasteiger partial charge in [0.2, 0.25) is 0 Å². The molecule has 1 aromatic carbocycles. The standard InChI is InChI=1S/C16H21N3O2/c1-11(2)14(16(20)21-3)17-9-13-10-18-19-15(13)12-7-5-4-6-8-12/h4-8,10-11,14,17H,9H2,1-3H3,(H,18,19)/t14-/m0/s1. The molecule has 1 aromatic heterocycles. The number of methoxy groups -OCH3 is 1. The van der Waals surface area contributed by atoms with Gasteiger partial charge in [0.25, 0.3) is 0 Å². The van der Waals surface area contributed by atoms with Gasteiger partial charge in [0.1, 0.15) is 6.04 Å². The number of ether oxygens (including phenoxy) is 1. The van der Waals surface area contributed by atoms with Crippen molar-refractivity contribution in [3.05, 3.63) is 42.1 Å². The predicted molar refractivity (Wildman–Crippen MR) is 81.5 cm³/mol. The van der Waals surface area contributed by atoms with Crippen molar-refractivity contribution < 1.29 is 9.53 Å². The summed E-state index contributed by atoms with van der Waals surface area (Å²) in [6, 6.07) is 9.67. The maximum absolute atomic E-state index is 11.8. The van der Waals surface area contributed by atoms with Gasteiger partial charge in [-0.15, -0.1) is 0 Å². The molecule has 1 heterocycles. The van der Waals surface area contributed by atoms with E-state index in [0.29, 0.717) is 6.54 Å². The minimum Gasteiger partial charge on any atom is -0.468 e. The van der Waals surface area contributed by atoms with Gasteiger partial charge in [-0.2, -0.15) is 5.10 Å². The molecule has 2 aromatic rings. The Kier molecular flexibility index (Phi) is 5.11. The van der Waals surface area contributed by atoms with E-state index in [1.54, 1.807) is 6.20 Å². The average Bonchev–Trinajstić information content (AvgIpc) is 2.96. The van der Waals surface area contributed by atoms with Crippen molar-refractivity contribution in [3.8, 4) is 11.3 Å². The van der Waals surface area contributed by atoms with Crippen molar-refractivity contribution >= 4 is 5.97 Å². The van der Waals surface area contributed by atoms with Crippen molar-refractivity contribution in [2.45, 2.75) is 26.4 Å². The van der Waals surface area contributed by atoms with Crippen LogP contribution in [-0.2, 0) is 16.1 Å². The lowest BCUT2D eigenvalue weighted by atomic mass is 10.0. The zero-order valence-electron chi connectivity index (χ0n) is 12.6. The van der Waals surface area contributed by atoms with Crippen LogP contribution in [0.4, 0.5) is 0 Å². The molecule has 0 aliphatic rings. The van der Waals surface area contributed by atoms with Crippen LogP contribution < -0.4 is 5.32 Å². The van der Waals surface area contributed by atoms with Gasteiger partial charge in [0.15, 0.2) is 0 Å². The van der Waals surface area contributed by atoms with Crippen molar-refractivity contribution in [1.82, 2.24) is 15.5 Å². The number of H-pyrrole nitrogens is 1. The van der Waals surface area contributed by atoms with E-state index in [2.05, 4.69) is 15.5 Å². The summed E-state index contributed by atoms with van der Waals surface area (Å²) in [4.78, 5) is 11.8. The fourth-order valence-corrected chi connectivity index (χ4v) is 2.24. The first-order valence-corrected chi connectivity index (χ1v) is 7.02. The number of rotatable bonds is 6. The molecule has 5 heteroatoms. The molecule has 5 nitrogen and oxygen atoms in total. The largest absolute Gasteiger partial charge is 0.468 e. The van der Waals surface area contributed by atoms with Crippen molar-refractivity contribution in [2.75, 3.05) is 7.11 Å². The molecular weight excluding hydrogens is 266 g/mol. The van der Waals surface area contributed by atoms with E-state index in [0.717, 1.165) is 16.8 Å². The number of carbonyl (C=O) groups excluding carboxylic acids is 1. The molecule has 0 spiro atoms. The Bertz CT molecular complexity index is 578. The second-order valence-electron chi connectivity index (χ2n) is 5.26. The van der Waals surface area contributed by atoms with Crippen LogP contribution in [-0.4, -0.2) is 29.3 Å². The Morgan fingerprint density at radius 2 is 2.05 bits per heavy atom. The minimum atomic E-state index is -0.325. The molecule has 0 aliphatic carbocycles. The van der Waals surface area contributed by atoms with Crippen LogP contribution in [0, 0.1) is 5.92 Å². The molecule has 21 heavy (non-hydrogen) atoms. The third kappa shape index (κ3) is 3.70. The molecule has 112 valence electrons. The SMILES string of the molecule is COC(=O)[C@@H](NCc1cn[nH]c1-c1ccccc1)C(C)C. The second-order valence-corrected chi connectivity index (χ2v) is 5.26. The van der Waals surface area contributed by atoms with E-state index < -0.39 is 0 Å².